The maximum atomic E-state index is 12.3. The molecule has 2 unspecified atom stereocenters. The fourth-order valence-corrected chi connectivity index (χ4v) is 5.12. The van der Waals surface area contributed by atoms with Crippen molar-refractivity contribution in [2.45, 2.75) is 124 Å². The molecule has 2 atom stereocenters. The van der Waals surface area contributed by atoms with Crippen molar-refractivity contribution in [2.75, 3.05) is 6.61 Å². The number of hydrogen-bond acceptors (Lipinski definition) is 3. The summed E-state index contributed by atoms with van der Waals surface area (Å²) in [5.74, 6) is 0. The van der Waals surface area contributed by atoms with E-state index < -0.39 is 19.3 Å². The van der Waals surface area contributed by atoms with Gasteiger partial charge in [0.05, 0.1) is 6.61 Å². The molecular weight excluding hydrogens is 435 g/mol. The second-order valence-corrected chi connectivity index (χ2v) is 13.9. The summed E-state index contributed by atoms with van der Waals surface area (Å²) in [6.07, 6.45) is 1.99. The molecule has 0 amide bonds. The molecule has 192 valence electrons. The number of rotatable bonds is 9. The van der Waals surface area contributed by atoms with Crippen molar-refractivity contribution >= 4 is 7.82 Å². The Morgan fingerprint density at radius 3 is 1.61 bits per heavy atom. The van der Waals surface area contributed by atoms with Gasteiger partial charge in [0.1, 0.15) is 6.10 Å². The van der Waals surface area contributed by atoms with E-state index in [1.807, 2.05) is 6.92 Å². The van der Waals surface area contributed by atoms with Gasteiger partial charge in [0.2, 0.25) is 0 Å². The average Bonchev–Trinajstić information content (AvgIpc) is 2.64. The van der Waals surface area contributed by atoms with Crippen molar-refractivity contribution in [3.63, 3.8) is 0 Å². The molecule has 0 aliphatic rings. The van der Waals surface area contributed by atoms with Gasteiger partial charge in [-0.2, -0.15) is 0 Å². The SMILES string of the molecule is CCCCC(CC)(CO)C(OP(=O)(O)O)c1c(C(C)(C)C)cc(C(C)(C)C)cc1C(C)(C)C. The summed E-state index contributed by atoms with van der Waals surface area (Å²) in [5, 5.41) is 10.7. The lowest BCUT2D eigenvalue weighted by Crippen LogP contribution is -2.37. The monoisotopic (exact) mass is 484 g/mol. The van der Waals surface area contributed by atoms with E-state index in [0.717, 1.165) is 29.5 Å². The molecule has 6 heteroatoms. The van der Waals surface area contributed by atoms with Crippen LogP contribution in [-0.2, 0) is 25.3 Å². The van der Waals surface area contributed by atoms with Crippen LogP contribution < -0.4 is 0 Å². The standard InChI is InChI=1S/C27H49O5P/c1-12-14-15-27(13-2,18-28)23(32-33(29,30)31)22-20(25(6,7)8)16-19(24(3,4)5)17-21(22)26(9,10)11/h16-17,23,28H,12-15,18H2,1-11H3,(H2,29,30,31). The predicted octanol–water partition coefficient (Wildman–Crippen LogP) is 7.31. The number of unbranched alkanes of at least 4 members (excludes halogenated alkanes) is 1. The number of aliphatic hydroxyl groups excluding tert-OH is 1. The molecule has 1 rings (SSSR count). The Balaban J connectivity index is 4.24. The average molecular weight is 485 g/mol. The molecule has 0 aromatic heterocycles. The summed E-state index contributed by atoms with van der Waals surface area (Å²) in [6.45, 7) is 23.1. The van der Waals surface area contributed by atoms with Crippen LogP contribution in [0.2, 0.25) is 0 Å². The summed E-state index contributed by atoms with van der Waals surface area (Å²) < 4.78 is 18.0. The molecule has 1 aromatic carbocycles. The summed E-state index contributed by atoms with van der Waals surface area (Å²) in [4.78, 5) is 20.0. The normalized spacial score (nSPS) is 16.5. The first-order valence-electron chi connectivity index (χ1n) is 12.3. The van der Waals surface area contributed by atoms with Crippen LogP contribution in [0.15, 0.2) is 12.1 Å². The minimum atomic E-state index is -4.84. The van der Waals surface area contributed by atoms with Gasteiger partial charge in [-0.15, -0.1) is 0 Å². The van der Waals surface area contributed by atoms with E-state index in [-0.39, 0.29) is 22.9 Å². The lowest BCUT2D eigenvalue weighted by Gasteiger charge is -2.44. The highest BCUT2D eigenvalue weighted by Crippen LogP contribution is 2.56. The zero-order valence-corrected chi connectivity index (χ0v) is 23.8. The lowest BCUT2D eigenvalue weighted by molar-refractivity contribution is -0.0302. The first-order valence-corrected chi connectivity index (χ1v) is 13.8. The molecule has 0 spiro atoms. The van der Waals surface area contributed by atoms with Gasteiger partial charge < -0.3 is 14.9 Å². The molecule has 0 aliphatic heterocycles. The summed E-state index contributed by atoms with van der Waals surface area (Å²) in [6, 6.07) is 4.36. The van der Waals surface area contributed by atoms with Crippen molar-refractivity contribution in [3.05, 3.63) is 34.4 Å². The zero-order chi connectivity index (χ0) is 26.0. The largest absolute Gasteiger partial charge is 0.470 e. The lowest BCUT2D eigenvalue weighted by atomic mass is 9.65. The fourth-order valence-electron chi connectivity index (χ4n) is 4.51. The van der Waals surface area contributed by atoms with Crippen LogP contribution in [0.4, 0.5) is 0 Å². The molecule has 0 radical (unpaired) electrons. The minimum absolute atomic E-state index is 0.0980. The van der Waals surface area contributed by atoms with E-state index in [1.165, 1.54) is 5.56 Å². The number of phosphoric ester groups is 1. The van der Waals surface area contributed by atoms with Crippen molar-refractivity contribution in [1.29, 1.82) is 0 Å². The Kier molecular flexibility index (Phi) is 9.65. The van der Waals surface area contributed by atoms with Crippen LogP contribution in [0.5, 0.6) is 0 Å². The quantitative estimate of drug-likeness (QED) is 0.320. The summed E-state index contributed by atoms with van der Waals surface area (Å²) in [7, 11) is -4.84. The van der Waals surface area contributed by atoms with Gasteiger partial charge in [-0.05, 0) is 51.3 Å². The van der Waals surface area contributed by atoms with E-state index in [4.69, 9.17) is 4.52 Å². The molecule has 1 aromatic rings. The van der Waals surface area contributed by atoms with Gasteiger partial charge >= 0.3 is 7.82 Å². The third kappa shape index (κ3) is 7.64. The van der Waals surface area contributed by atoms with Crippen LogP contribution in [0.3, 0.4) is 0 Å². The van der Waals surface area contributed by atoms with Crippen molar-refractivity contribution in [3.8, 4) is 0 Å². The third-order valence-electron chi connectivity index (χ3n) is 6.77. The van der Waals surface area contributed by atoms with Gasteiger partial charge in [-0.25, -0.2) is 4.57 Å². The van der Waals surface area contributed by atoms with Crippen molar-refractivity contribution in [1.82, 2.24) is 0 Å². The maximum absolute atomic E-state index is 12.3. The number of phosphoric acid groups is 1. The molecule has 0 saturated heterocycles. The van der Waals surface area contributed by atoms with Crippen LogP contribution in [0.25, 0.3) is 0 Å². The third-order valence-corrected chi connectivity index (χ3v) is 7.26. The highest BCUT2D eigenvalue weighted by molar-refractivity contribution is 7.46. The Morgan fingerprint density at radius 2 is 1.33 bits per heavy atom. The van der Waals surface area contributed by atoms with Gasteiger partial charge in [-0.1, -0.05) is 101 Å². The Morgan fingerprint density at radius 1 is 0.879 bits per heavy atom. The van der Waals surface area contributed by atoms with Gasteiger partial charge in [0.25, 0.3) is 0 Å². The van der Waals surface area contributed by atoms with E-state index >= 15 is 0 Å². The predicted molar refractivity (Wildman–Crippen MR) is 138 cm³/mol. The van der Waals surface area contributed by atoms with Crippen molar-refractivity contribution in [2.24, 2.45) is 5.41 Å². The Hall–Kier alpha value is -0.710. The summed E-state index contributed by atoms with van der Waals surface area (Å²) >= 11 is 0. The Bertz CT molecular complexity index is 795. The van der Waals surface area contributed by atoms with Crippen LogP contribution in [0.1, 0.15) is 130 Å². The minimum Gasteiger partial charge on any atom is -0.396 e. The van der Waals surface area contributed by atoms with E-state index in [0.29, 0.717) is 12.8 Å². The second-order valence-electron chi connectivity index (χ2n) is 12.7. The fraction of sp³-hybridized carbons (Fsp3) is 0.778. The Labute approximate surface area is 202 Å². The number of benzene rings is 1. The van der Waals surface area contributed by atoms with Gasteiger partial charge in [0, 0.05) is 5.41 Å². The first kappa shape index (κ1) is 30.3. The smallest absolute Gasteiger partial charge is 0.396 e. The molecule has 0 bridgehead atoms. The maximum Gasteiger partial charge on any atom is 0.470 e. The first-order chi connectivity index (χ1) is 14.7. The summed E-state index contributed by atoms with van der Waals surface area (Å²) in [5.41, 5.74) is 2.52. The van der Waals surface area contributed by atoms with Crippen molar-refractivity contribution < 1.29 is 24.0 Å². The second kappa shape index (κ2) is 10.5. The topological polar surface area (TPSA) is 87.0 Å². The van der Waals surface area contributed by atoms with Gasteiger partial charge in [-0.3, -0.25) is 4.52 Å². The van der Waals surface area contributed by atoms with Crippen LogP contribution in [-0.4, -0.2) is 21.5 Å². The molecule has 33 heavy (non-hydrogen) atoms. The highest BCUT2D eigenvalue weighted by atomic mass is 31.2. The molecule has 0 aliphatic carbocycles. The molecular formula is C27H49O5P. The molecule has 0 fully saturated rings. The molecule has 0 heterocycles. The molecule has 5 nitrogen and oxygen atoms in total. The van der Waals surface area contributed by atoms with E-state index in [9.17, 15) is 19.5 Å². The highest BCUT2D eigenvalue weighted by Gasteiger charge is 2.46. The number of hydrogen-bond donors (Lipinski definition) is 3. The van der Waals surface area contributed by atoms with Gasteiger partial charge in [0.15, 0.2) is 0 Å². The van der Waals surface area contributed by atoms with Crippen LogP contribution >= 0.6 is 7.82 Å². The van der Waals surface area contributed by atoms with E-state index in [2.05, 4.69) is 81.4 Å². The number of aliphatic hydroxyl groups is 1. The van der Waals surface area contributed by atoms with Crippen LogP contribution in [0, 0.1) is 5.41 Å². The molecule has 0 saturated carbocycles. The van der Waals surface area contributed by atoms with E-state index in [1.54, 1.807) is 0 Å². The zero-order valence-electron chi connectivity index (χ0n) is 22.9. The molecule has 3 N–H and O–H groups in total.